The van der Waals surface area contributed by atoms with Gasteiger partial charge in [-0.2, -0.15) is 0 Å². The van der Waals surface area contributed by atoms with E-state index < -0.39 is 0 Å². The Morgan fingerprint density at radius 2 is 1.81 bits per heavy atom. The van der Waals surface area contributed by atoms with Crippen LogP contribution in [0.1, 0.15) is 41.2 Å². The number of nitrogens with zero attached hydrogens (tertiary/aromatic N) is 5. The molecule has 0 N–H and O–H groups in total. The number of likely N-dealkylation sites (N-methyl/N-ethyl adjacent to an activating group) is 1. The summed E-state index contributed by atoms with van der Waals surface area (Å²) in [4.78, 5) is 27.5. The van der Waals surface area contributed by atoms with Crippen molar-refractivity contribution in [2.24, 2.45) is 0 Å². The van der Waals surface area contributed by atoms with Gasteiger partial charge in [0, 0.05) is 19.3 Å². The molecule has 0 atom stereocenters. The molecule has 7 heteroatoms. The smallest absolute Gasteiger partial charge is 0.279 e. The van der Waals surface area contributed by atoms with Crippen LogP contribution in [-0.2, 0) is 0 Å². The second-order valence-electron chi connectivity index (χ2n) is 7.81. The van der Waals surface area contributed by atoms with Gasteiger partial charge in [0.1, 0.15) is 11.3 Å². The second-order valence-corrected chi connectivity index (χ2v) is 8.82. The molecule has 4 rings (SSSR count). The number of carbonyl (C=O) groups is 1. The Hall–Kier alpha value is -2.77. The Labute approximate surface area is 187 Å². The van der Waals surface area contributed by atoms with E-state index in [9.17, 15) is 4.79 Å². The van der Waals surface area contributed by atoms with E-state index >= 15 is 0 Å². The molecule has 0 spiro atoms. The molecular formula is C24H29N5OS. The largest absolute Gasteiger partial charge is 0.302 e. The Kier molecular flexibility index (Phi) is 6.07. The molecule has 0 aliphatic heterocycles. The van der Waals surface area contributed by atoms with Crippen LogP contribution in [0.2, 0.25) is 0 Å². The highest BCUT2D eigenvalue weighted by Crippen LogP contribution is 2.33. The Bertz CT molecular complexity index is 1240. The van der Waals surface area contributed by atoms with Crippen molar-refractivity contribution >= 4 is 38.2 Å². The zero-order valence-corrected chi connectivity index (χ0v) is 19.7. The molecule has 0 radical (unpaired) electrons. The van der Waals surface area contributed by atoms with Gasteiger partial charge in [-0.05, 0) is 63.2 Å². The Morgan fingerprint density at radius 1 is 1.03 bits per heavy atom. The van der Waals surface area contributed by atoms with E-state index in [1.807, 2.05) is 40.6 Å². The van der Waals surface area contributed by atoms with Crippen molar-refractivity contribution < 1.29 is 4.79 Å². The van der Waals surface area contributed by atoms with Gasteiger partial charge >= 0.3 is 0 Å². The number of thiazole rings is 1. The molecule has 3 aromatic heterocycles. The van der Waals surface area contributed by atoms with Gasteiger partial charge in [0.25, 0.3) is 5.91 Å². The van der Waals surface area contributed by atoms with Gasteiger partial charge in [-0.15, -0.1) is 0 Å². The maximum Gasteiger partial charge on any atom is 0.279 e. The van der Waals surface area contributed by atoms with Crippen molar-refractivity contribution in [2.45, 2.75) is 34.6 Å². The molecule has 1 aromatic carbocycles. The quantitative estimate of drug-likeness (QED) is 0.416. The third-order valence-corrected chi connectivity index (χ3v) is 7.03. The molecule has 0 saturated carbocycles. The minimum Gasteiger partial charge on any atom is -0.302 e. The van der Waals surface area contributed by atoms with Gasteiger partial charge in [-0.1, -0.05) is 37.3 Å². The Morgan fingerprint density at radius 3 is 2.55 bits per heavy atom. The zero-order valence-electron chi connectivity index (χ0n) is 18.8. The first kappa shape index (κ1) is 21.5. The SMILES string of the molecule is CCN(CC)CCN(C(=O)c1c(C)nc2ccccn12)c1nc2c(C)c(C)ccc2s1. The van der Waals surface area contributed by atoms with E-state index in [1.165, 1.54) is 11.1 Å². The fraction of sp³-hybridized carbons (Fsp3) is 0.375. The van der Waals surface area contributed by atoms with E-state index in [0.717, 1.165) is 46.3 Å². The molecule has 1 amide bonds. The van der Waals surface area contributed by atoms with Gasteiger partial charge in [0.2, 0.25) is 0 Å². The average Bonchev–Trinajstić information content (AvgIpc) is 3.34. The number of fused-ring (bicyclic) bond motifs is 2. The lowest BCUT2D eigenvalue weighted by Crippen LogP contribution is -2.39. The van der Waals surface area contributed by atoms with E-state index in [0.29, 0.717) is 12.2 Å². The lowest BCUT2D eigenvalue weighted by atomic mass is 10.1. The molecule has 162 valence electrons. The summed E-state index contributed by atoms with van der Waals surface area (Å²) in [6.45, 7) is 13.7. The molecule has 0 bridgehead atoms. The molecule has 0 saturated heterocycles. The number of aromatic nitrogens is 3. The van der Waals surface area contributed by atoms with E-state index in [-0.39, 0.29) is 5.91 Å². The Balaban J connectivity index is 1.80. The molecule has 6 nitrogen and oxygen atoms in total. The molecule has 0 unspecified atom stereocenters. The zero-order chi connectivity index (χ0) is 22.1. The lowest BCUT2D eigenvalue weighted by Gasteiger charge is -2.24. The number of pyridine rings is 1. The fourth-order valence-corrected chi connectivity index (χ4v) is 4.94. The summed E-state index contributed by atoms with van der Waals surface area (Å²) in [5, 5.41) is 0.742. The van der Waals surface area contributed by atoms with Crippen LogP contribution < -0.4 is 4.90 Å². The molecule has 3 heterocycles. The maximum absolute atomic E-state index is 13.9. The third kappa shape index (κ3) is 3.95. The van der Waals surface area contributed by atoms with Crippen LogP contribution in [0.5, 0.6) is 0 Å². The highest BCUT2D eigenvalue weighted by atomic mass is 32.1. The van der Waals surface area contributed by atoms with Gasteiger partial charge in [-0.3, -0.25) is 14.1 Å². The number of imidazole rings is 1. The van der Waals surface area contributed by atoms with Crippen LogP contribution in [-0.4, -0.2) is 51.4 Å². The number of hydrogen-bond acceptors (Lipinski definition) is 5. The molecule has 0 fully saturated rings. The predicted octanol–water partition coefficient (Wildman–Crippen LogP) is 4.86. The van der Waals surface area contributed by atoms with Gasteiger partial charge < -0.3 is 4.90 Å². The van der Waals surface area contributed by atoms with Crippen LogP contribution in [0.4, 0.5) is 5.13 Å². The summed E-state index contributed by atoms with van der Waals surface area (Å²) in [6.07, 6.45) is 1.90. The van der Waals surface area contributed by atoms with E-state index in [4.69, 9.17) is 4.98 Å². The van der Waals surface area contributed by atoms with E-state index in [1.54, 1.807) is 11.3 Å². The topological polar surface area (TPSA) is 53.7 Å². The number of aryl methyl sites for hydroxylation is 3. The van der Waals surface area contributed by atoms with Crippen molar-refractivity contribution in [1.82, 2.24) is 19.3 Å². The van der Waals surface area contributed by atoms with Crippen molar-refractivity contribution in [3.63, 3.8) is 0 Å². The van der Waals surface area contributed by atoms with Crippen LogP contribution in [0.3, 0.4) is 0 Å². The summed E-state index contributed by atoms with van der Waals surface area (Å²) < 4.78 is 2.98. The summed E-state index contributed by atoms with van der Waals surface area (Å²) >= 11 is 1.58. The standard InChI is InChI=1S/C24H29N5OS/c1-6-27(7-2)14-15-29(24-26-21-17(4)16(3)11-12-19(21)31-24)23(30)22-18(5)25-20-10-8-9-13-28(20)22/h8-13H,6-7,14-15H2,1-5H3. The number of benzene rings is 1. The first-order valence-corrected chi connectivity index (χ1v) is 11.6. The van der Waals surface area contributed by atoms with Crippen LogP contribution in [0.15, 0.2) is 36.5 Å². The molecule has 31 heavy (non-hydrogen) atoms. The molecule has 4 aromatic rings. The molecular weight excluding hydrogens is 406 g/mol. The van der Waals surface area contributed by atoms with Gasteiger partial charge in [-0.25, -0.2) is 9.97 Å². The van der Waals surface area contributed by atoms with Crippen molar-refractivity contribution in [1.29, 1.82) is 0 Å². The number of amides is 1. The number of hydrogen-bond donors (Lipinski definition) is 0. The van der Waals surface area contributed by atoms with Crippen molar-refractivity contribution in [2.75, 3.05) is 31.1 Å². The molecule has 0 aliphatic carbocycles. The lowest BCUT2D eigenvalue weighted by molar-refractivity contribution is 0.0977. The minimum absolute atomic E-state index is 0.0585. The first-order valence-electron chi connectivity index (χ1n) is 10.8. The number of anilines is 1. The summed E-state index contributed by atoms with van der Waals surface area (Å²) in [7, 11) is 0. The highest BCUT2D eigenvalue weighted by molar-refractivity contribution is 7.22. The summed E-state index contributed by atoms with van der Waals surface area (Å²) in [6, 6.07) is 10.0. The summed E-state index contributed by atoms with van der Waals surface area (Å²) in [5.41, 5.74) is 5.47. The highest BCUT2D eigenvalue weighted by Gasteiger charge is 2.26. The number of carbonyl (C=O) groups excluding carboxylic acids is 1. The maximum atomic E-state index is 13.9. The van der Waals surface area contributed by atoms with Crippen molar-refractivity contribution in [3.05, 3.63) is 59.0 Å². The predicted molar refractivity (Wildman–Crippen MR) is 128 cm³/mol. The van der Waals surface area contributed by atoms with Crippen LogP contribution >= 0.6 is 11.3 Å². The van der Waals surface area contributed by atoms with E-state index in [2.05, 4.69) is 49.7 Å². The van der Waals surface area contributed by atoms with Gasteiger partial charge in [0.05, 0.1) is 15.9 Å². The normalized spacial score (nSPS) is 11.7. The fourth-order valence-electron chi connectivity index (χ4n) is 3.89. The monoisotopic (exact) mass is 435 g/mol. The van der Waals surface area contributed by atoms with Crippen LogP contribution in [0.25, 0.3) is 15.9 Å². The van der Waals surface area contributed by atoms with Crippen molar-refractivity contribution in [3.8, 4) is 0 Å². The van der Waals surface area contributed by atoms with Crippen LogP contribution in [0, 0.1) is 20.8 Å². The third-order valence-electron chi connectivity index (χ3n) is 5.99. The average molecular weight is 436 g/mol. The number of rotatable bonds is 7. The first-order chi connectivity index (χ1) is 14.9. The minimum atomic E-state index is -0.0585. The van der Waals surface area contributed by atoms with Gasteiger partial charge in [0.15, 0.2) is 5.13 Å². The summed E-state index contributed by atoms with van der Waals surface area (Å²) in [5.74, 6) is -0.0585. The second kappa shape index (κ2) is 8.77. The molecule has 0 aliphatic rings.